The summed E-state index contributed by atoms with van der Waals surface area (Å²) >= 11 is 0. The fraction of sp³-hybridized carbons (Fsp3) is 0.476. The van der Waals surface area contributed by atoms with Gasteiger partial charge in [0.05, 0.1) is 20.3 Å². The molecule has 182 valence electrons. The minimum Gasteiger partial charge on any atom is -0.468 e. The molecular weight excluding hydrogens is 438 g/mol. The quantitative estimate of drug-likeness (QED) is 0.184. The van der Waals surface area contributed by atoms with Gasteiger partial charge in [0.25, 0.3) is 0 Å². The molecule has 0 fully saturated rings. The zero-order valence-electron chi connectivity index (χ0n) is 18.8. The topological polar surface area (TPSA) is 183 Å². The van der Waals surface area contributed by atoms with Crippen LogP contribution in [0.1, 0.15) is 19.4 Å². The van der Waals surface area contributed by atoms with Crippen LogP contribution in [0.4, 0.5) is 4.79 Å². The van der Waals surface area contributed by atoms with Crippen LogP contribution in [0.25, 0.3) is 0 Å². The molecule has 0 aromatic heterocycles. The van der Waals surface area contributed by atoms with Crippen LogP contribution in [0, 0.1) is 11.8 Å². The van der Waals surface area contributed by atoms with Crippen LogP contribution in [-0.4, -0.2) is 67.4 Å². The third-order valence-electron chi connectivity index (χ3n) is 4.82. The van der Waals surface area contributed by atoms with Gasteiger partial charge in [-0.2, -0.15) is 0 Å². The fourth-order valence-electron chi connectivity index (χ4n) is 2.97. The van der Waals surface area contributed by atoms with Crippen molar-refractivity contribution in [2.45, 2.75) is 38.6 Å². The fourth-order valence-corrected chi connectivity index (χ4v) is 2.97. The molecule has 0 aliphatic carbocycles. The Kier molecular flexibility index (Phi) is 10.8. The van der Waals surface area contributed by atoms with Crippen molar-refractivity contribution in [3.8, 4) is 0 Å². The first kappa shape index (κ1) is 27.4. The number of carbonyl (C=O) groups is 5. The van der Waals surface area contributed by atoms with E-state index < -0.39 is 59.9 Å². The molecule has 1 aromatic carbocycles. The van der Waals surface area contributed by atoms with E-state index in [0.717, 1.165) is 14.2 Å². The summed E-state index contributed by atoms with van der Waals surface area (Å²) in [5.41, 5.74) is 6.06. The molecule has 5 N–H and O–H groups in total. The molecule has 3 amide bonds. The number of methoxy groups -OCH3 is 2. The Hall–Kier alpha value is -3.67. The number of aliphatic hydroxyl groups is 1. The molecule has 12 nitrogen and oxygen atoms in total. The van der Waals surface area contributed by atoms with Crippen molar-refractivity contribution in [3.63, 3.8) is 0 Å². The lowest BCUT2D eigenvalue weighted by Crippen LogP contribution is -2.59. The monoisotopic (exact) mass is 467 g/mol. The van der Waals surface area contributed by atoms with E-state index in [1.54, 1.807) is 30.3 Å². The van der Waals surface area contributed by atoms with Crippen molar-refractivity contribution in [1.82, 2.24) is 10.6 Å². The summed E-state index contributed by atoms with van der Waals surface area (Å²) < 4.78 is 14.2. The van der Waals surface area contributed by atoms with Gasteiger partial charge >= 0.3 is 18.0 Å². The predicted molar refractivity (Wildman–Crippen MR) is 113 cm³/mol. The molecule has 0 unspecified atom stereocenters. The molecule has 4 atom stereocenters. The number of esters is 2. The first-order valence-corrected chi connectivity index (χ1v) is 9.94. The maximum Gasteiger partial charge on any atom is 0.408 e. The molecule has 0 heterocycles. The Morgan fingerprint density at radius 2 is 1.48 bits per heavy atom. The molecule has 0 saturated heterocycles. The maximum atomic E-state index is 12.7. The van der Waals surface area contributed by atoms with Crippen LogP contribution in [0.15, 0.2) is 30.3 Å². The van der Waals surface area contributed by atoms with E-state index in [0.29, 0.717) is 5.56 Å². The average molecular weight is 467 g/mol. The summed E-state index contributed by atoms with van der Waals surface area (Å²) in [6.07, 6.45) is -2.39. The van der Waals surface area contributed by atoms with Gasteiger partial charge in [-0.05, 0) is 12.5 Å². The molecule has 12 heteroatoms. The molecule has 0 aliphatic rings. The highest BCUT2D eigenvalue weighted by Crippen LogP contribution is 2.20. The predicted octanol–water partition coefficient (Wildman–Crippen LogP) is -0.769. The standard InChI is InChI=1S/C21H29N3O9/c1-11(14(19(28)31-3)20(29)32-4)15(17(22)26)23-18(27)16(12(2)25)24-21(30)33-10-13-8-6-5-7-9-13/h5-9,11-12,14-16,25H,10H2,1-4H3,(H2,22,26)(H,23,27)(H,24,30)/t11-,12+,15-,16-/m0/s1. The normalized spacial score (nSPS) is 14.2. The smallest absolute Gasteiger partial charge is 0.408 e. The summed E-state index contributed by atoms with van der Waals surface area (Å²) in [5.74, 6) is -6.79. The number of hydrogen-bond acceptors (Lipinski definition) is 9. The highest BCUT2D eigenvalue weighted by molar-refractivity contribution is 5.97. The number of nitrogens with two attached hydrogens (primary N) is 1. The van der Waals surface area contributed by atoms with E-state index in [4.69, 9.17) is 10.5 Å². The largest absolute Gasteiger partial charge is 0.468 e. The van der Waals surface area contributed by atoms with Crippen molar-refractivity contribution >= 4 is 29.8 Å². The van der Waals surface area contributed by atoms with Gasteiger partial charge in [0.1, 0.15) is 18.7 Å². The Morgan fingerprint density at radius 3 is 1.94 bits per heavy atom. The van der Waals surface area contributed by atoms with Crippen molar-refractivity contribution in [2.75, 3.05) is 14.2 Å². The zero-order valence-corrected chi connectivity index (χ0v) is 18.8. The Balaban J connectivity index is 2.93. The highest BCUT2D eigenvalue weighted by atomic mass is 16.6. The highest BCUT2D eigenvalue weighted by Gasteiger charge is 2.42. The first-order valence-electron chi connectivity index (χ1n) is 9.94. The van der Waals surface area contributed by atoms with E-state index in [9.17, 15) is 29.1 Å². The number of hydrogen-bond donors (Lipinski definition) is 4. The lowest BCUT2D eigenvalue weighted by molar-refractivity contribution is -0.162. The molecule has 0 bridgehead atoms. The lowest BCUT2D eigenvalue weighted by atomic mass is 9.86. The van der Waals surface area contributed by atoms with Gasteiger partial charge < -0.3 is 35.7 Å². The number of aliphatic hydroxyl groups excluding tert-OH is 1. The van der Waals surface area contributed by atoms with Crippen LogP contribution in [0.3, 0.4) is 0 Å². The van der Waals surface area contributed by atoms with Gasteiger partial charge in [-0.1, -0.05) is 37.3 Å². The summed E-state index contributed by atoms with van der Waals surface area (Å²) in [4.78, 5) is 60.9. The average Bonchev–Trinajstić information content (AvgIpc) is 2.79. The SMILES string of the molecule is COC(=O)C(C(=O)OC)[C@H](C)[C@H](NC(=O)[C@@H](NC(=O)OCc1ccccc1)[C@@H](C)O)C(N)=O. The minimum absolute atomic E-state index is 0.0816. The maximum absolute atomic E-state index is 12.7. The van der Waals surface area contributed by atoms with E-state index in [1.807, 2.05) is 0 Å². The summed E-state index contributed by atoms with van der Waals surface area (Å²) in [6.45, 7) is 2.46. The third-order valence-corrected chi connectivity index (χ3v) is 4.82. The summed E-state index contributed by atoms with van der Waals surface area (Å²) in [7, 11) is 2.08. The second-order valence-electron chi connectivity index (χ2n) is 7.20. The van der Waals surface area contributed by atoms with Gasteiger partial charge in [0, 0.05) is 5.92 Å². The number of alkyl carbamates (subject to hydrolysis) is 1. The van der Waals surface area contributed by atoms with Gasteiger partial charge in [0.2, 0.25) is 11.8 Å². The number of ether oxygens (including phenoxy) is 3. The van der Waals surface area contributed by atoms with E-state index in [2.05, 4.69) is 20.1 Å². The Morgan fingerprint density at radius 1 is 0.939 bits per heavy atom. The second-order valence-corrected chi connectivity index (χ2v) is 7.20. The van der Waals surface area contributed by atoms with Crippen LogP contribution < -0.4 is 16.4 Å². The van der Waals surface area contributed by atoms with Crippen molar-refractivity contribution in [1.29, 1.82) is 0 Å². The summed E-state index contributed by atoms with van der Waals surface area (Å²) in [6, 6.07) is 5.68. The van der Waals surface area contributed by atoms with Gasteiger partial charge in [-0.3, -0.25) is 19.2 Å². The third kappa shape index (κ3) is 8.07. The zero-order chi connectivity index (χ0) is 25.1. The van der Waals surface area contributed by atoms with Crippen LogP contribution in [0.2, 0.25) is 0 Å². The molecule has 33 heavy (non-hydrogen) atoms. The number of amides is 3. The minimum atomic E-state index is -1.56. The number of primary amides is 1. The van der Waals surface area contributed by atoms with Crippen molar-refractivity contribution in [3.05, 3.63) is 35.9 Å². The van der Waals surface area contributed by atoms with Gasteiger partial charge in [-0.15, -0.1) is 0 Å². The Bertz CT molecular complexity index is 829. The van der Waals surface area contributed by atoms with E-state index in [-0.39, 0.29) is 6.61 Å². The van der Waals surface area contributed by atoms with Gasteiger partial charge in [0.15, 0.2) is 5.92 Å². The first-order chi connectivity index (χ1) is 15.5. The molecular formula is C21H29N3O9. The van der Waals surface area contributed by atoms with E-state index in [1.165, 1.54) is 13.8 Å². The van der Waals surface area contributed by atoms with E-state index >= 15 is 0 Å². The van der Waals surface area contributed by atoms with Gasteiger partial charge in [-0.25, -0.2) is 4.79 Å². The molecule has 0 spiro atoms. The summed E-state index contributed by atoms with van der Waals surface area (Å²) in [5, 5.41) is 14.4. The molecule has 0 aliphatic heterocycles. The second kappa shape index (κ2) is 13.0. The molecule has 0 saturated carbocycles. The molecule has 1 aromatic rings. The van der Waals surface area contributed by atoms with Crippen LogP contribution >= 0.6 is 0 Å². The number of nitrogens with one attached hydrogen (secondary N) is 2. The van der Waals surface area contributed by atoms with Crippen LogP contribution in [0.5, 0.6) is 0 Å². The molecule has 0 radical (unpaired) electrons. The molecule has 1 rings (SSSR count). The van der Waals surface area contributed by atoms with Crippen molar-refractivity contribution < 1.29 is 43.3 Å². The number of benzene rings is 1. The van der Waals surface area contributed by atoms with Crippen molar-refractivity contribution in [2.24, 2.45) is 17.6 Å². The Labute approximate surface area is 190 Å². The van der Waals surface area contributed by atoms with Crippen LogP contribution in [-0.2, 0) is 40.0 Å². The number of rotatable bonds is 11. The lowest BCUT2D eigenvalue weighted by Gasteiger charge is -2.29. The number of carbonyl (C=O) groups excluding carboxylic acids is 5.